The zero-order valence-electron chi connectivity index (χ0n) is 10.4. The zero-order chi connectivity index (χ0) is 13.6. The molecule has 2 saturated carbocycles. The highest BCUT2D eigenvalue weighted by Crippen LogP contribution is 2.63. The summed E-state index contributed by atoms with van der Waals surface area (Å²) in [6.45, 7) is 0. The van der Waals surface area contributed by atoms with Crippen LogP contribution in [-0.4, -0.2) is 36.9 Å². The number of rotatable bonds is 2. The van der Waals surface area contributed by atoms with Crippen molar-refractivity contribution in [2.75, 3.05) is 0 Å². The summed E-state index contributed by atoms with van der Waals surface area (Å²) in [4.78, 5) is 0.330. The number of fused-ring (bicyclic) bond motifs is 8. The summed E-state index contributed by atoms with van der Waals surface area (Å²) in [5.41, 5.74) is 0. The molecule has 5 rings (SSSR count). The van der Waals surface area contributed by atoms with Gasteiger partial charge in [0.2, 0.25) is 10.0 Å². The van der Waals surface area contributed by atoms with Crippen LogP contribution in [0, 0.1) is 11.8 Å². The van der Waals surface area contributed by atoms with Gasteiger partial charge in [-0.2, -0.15) is 14.5 Å². The van der Waals surface area contributed by atoms with Crippen LogP contribution in [0.4, 0.5) is 0 Å². The molecular formula is C13H12ClN3O2S. The molecule has 2 aliphatic carbocycles. The second kappa shape index (κ2) is 3.43. The van der Waals surface area contributed by atoms with Crippen molar-refractivity contribution in [1.29, 1.82) is 0 Å². The first-order valence-corrected chi connectivity index (χ1v) is 8.60. The van der Waals surface area contributed by atoms with E-state index in [0.29, 0.717) is 21.8 Å². The number of halogens is 1. The summed E-state index contributed by atoms with van der Waals surface area (Å²) in [5.74, 6) is 0.768. The molecular weight excluding hydrogens is 298 g/mol. The molecule has 1 saturated heterocycles. The molecule has 0 amide bonds. The molecule has 2 heterocycles. The third-order valence-electron chi connectivity index (χ3n) is 5.22. The predicted molar refractivity (Wildman–Crippen MR) is 72.1 cm³/mol. The summed E-state index contributed by atoms with van der Waals surface area (Å²) >= 11 is 5.82. The third kappa shape index (κ3) is 1.21. The van der Waals surface area contributed by atoms with Crippen molar-refractivity contribution >= 4 is 21.6 Å². The number of azo groups is 1. The molecule has 1 aromatic rings. The van der Waals surface area contributed by atoms with Gasteiger partial charge >= 0.3 is 0 Å². The number of hydrogen-bond acceptors (Lipinski definition) is 4. The first-order chi connectivity index (χ1) is 9.59. The first-order valence-electron chi connectivity index (χ1n) is 6.78. The van der Waals surface area contributed by atoms with Crippen molar-refractivity contribution in [2.24, 2.45) is 22.1 Å². The van der Waals surface area contributed by atoms with Gasteiger partial charge in [0.25, 0.3) is 0 Å². The van der Waals surface area contributed by atoms with E-state index in [1.807, 2.05) is 0 Å². The fourth-order valence-electron chi connectivity index (χ4n) is 4.35. The molecule has 5 nitrogen and oxygen atoms in total. The molecule has 0 spiro atoms. The molecule has 1 aromatic carbocycles. The van der Waals surface area contributed by atoms with Gasteiger partial charge in [-0.1, -0.05) is 11.6 Å². The van der Waals surface area contributed by atoms with Gasteiger partial charge < -0.3 is 0 Å². The van der Waals surface area contributed by atoms with Crippen LogP contribution in [0.5, 0.6) is 0 Å². The molecule has 4 aliphatic rings. The average molecular weight is 310 g/mol. The Hall–Kier alpha value is -0.980. The van der Waals surface area contributed by atoms with Crippen LogP contribution < -0.4 is 0 Å². The Bertz CT molecular complexity index is 708. The van der Waals surface area contributed by atoms with Crippen LogP contribution in [0.1, 0.15) is 6.42 Å². The van der Waals surface area contributed by atoms with Crippen LogP contribution in [0.3, 0.4) is 0 Å². The maximum Gasteiger partial charge on any atom is 0.243 e. The van der Waals surface area contributed by atoms with E-state index >= 15 is 0 Å². The molecule has 0 N–H and O–H groups in total. The van der Waals surface area contributed by atoms with Crippen LogP contribution in [0.15, 0.2) is 39.4 Å². The highest BCUT2D eigenvalue weighted by Gasteiger charge is 2.75. The fraction of sp³-hybridized carbons (Fsp3) is 0.538. The van der Waals surface area contributed by atoms with Gasteiger partial charge in [-0.05, 0) is 30.7 Å². The Balaban J connectivity index is 1.50. The maximum atomic E-state index is 12.7. The minimum Gasteiger partial charge on any atom is -0.207 e. The fourth-order valence-corrected chi connectivity index (χ4v) is 6.35. The summed E-state index contributed by atoms with van der Waals surface area (Å²) in [5, 5.41) is 8.90. The van der Waals surface area contributed by atoms with E-state index in [1.54, 1.807) is 28.6 Å². The first kappa shape index (κ1) is 11.7. The normalized spacial score (nSPS) is 46.8. The molecule has 1 unspecified atom stereocenters. The third-order valence-corrected chi connectivity index (χ3v) is 7.38. The van der Waals surface area contributed by atoms with Gasteiger partial charge in [0, 0.05) is 28.9 Å². The van der Waals surface area contributed by atoms with E-state index < -0.39 is 10.0 Å². The SMILES string of the molecule is O=S(=O)(c1ccc(Cl)cc1)N1[C@@H]2[C@@H]3C[C@@H]([C@H]4N=N[C@@H]34)[C@@H]21. The smallest absolute Gasteiger partial charge is 0.207 e. The molecule has 2 bridgehead atoms. The monoisotopic (exact) mass is 309 g/mol. The van der Waals surface area contributed by atoms with Gasteiger partial charge in [0.1, 0.15) is 0 Å². The van der Waals surface area contributed by atoms with E-state index in [4.69, 9.17) is 11.6 Å². The highest BCUT2D eigenvalue weighted by atomic mass is 35.5. The van der Waals surface area contributed by atoms with Crippen molar-refractivity contribution < 1.29 is 8.42 Å². The molecule has 7 atom stereocenters. The summed E-state index contributed by atoms with van der Waals surface area (Å²) in [7, 11) is -3.40. The largest absolute Gasteiger partial charge is 0.243 e. The quantitative estimate of drug-likeness (QED) is 0.784. The number of benzene rings is 1. The number of hydrogen-bond donors (Lipinski definition) is 0. The number of sulfonamides is 1. The van der Waals surface area contributed by atoms with E-state index in [1.165, 1.54) is 0 Å². The Kier molecular flexibility index (Phi) is 2.00. The summed E-state index contributed by atoms with van der Waals surface area (Å²) in [6.07, 6.45) is 1.09. The Labute approximate surface area is 121 Å². The molecule has 2 aliphatic heterocycles. The van der Waals surface area contributed by atoms with Gasteiger partial charge in [-0.3, -0.25) is 0 Å². The minimum absolute atomic E-state index is 0.154. The lowest BCUT2D eigenvalue weighted by molar-refractivity contribution is 0.315. The van der Waals surface area contributed by atoms with Gasteiger partial charge in [0.15, 0.2) is 0 Å². The molecule has 104 valence electrons. The molecule has 0 aromatic heterocycles. The van der Waals surface area contributed by atoms with E-state index in [0.717, 1.165) is 6.42 Å². The van der Waals surface area contributed by atoms with Crippen molar-refractivity contribution in [3.05, 3.63) is 29.3 Å². The van der Waals surface area contributed by atoms with Crippen LogP contribution in [0.2, 0.25) is 5.02 Å². The standard InChI is InChI=1S/C13H12ClN3O2S/c14-6-1-3-7(4-2-6)20(18,19)17-12-8-5-9(13(12)17)11-10(8)15-16-11/h1-4,8-13H,5H2/t8-,9+,10+,11-,12-,13+,17?. The second-order valence-electron chi connectivity index (χ2n) is 6.05. The lowest BCUT2D eigenvalue weighted by Crippen LogP contribution is -2.39. The second-order valence-corrected chi connectivity index (χ2v) is 8.33. The van der Waals surface area contributed by atoms with Crippen LogP contribution >= 0.6 is 11.6 Å². The Morgan fingerprint density at radius 3 is 2.10 bits per heavy atom. The van der Waals surface area contributed by atoms with Crippen molar-refractivity contribution in [1.82, 2.24) is 4.31 Å². The molecule has 20 heavy (non-hydrogen) atoms. The lowest BCUT2D eigenvalue weighted by Gasteiger charge is -2.28. The van der Waals surface area contributed by atoms with Gasteiger partial charge in [0.05, 0.1) is 17.0 Å². The lowest BCUT2D eigenvalue weighted by atomic mass is 9.90. The van der Waals surface area contributed by atoms with Gasteiger partial charge in [-0.15, -0.1) is 0 Å². The van der Waals surface area contributed by atoms with Crippen molar-refractivity contribution in [3.8, 4) is 0 Å². The van der Waals surface area contributed by atoms with E-state index in [9.17, 15) is 8.42 Å². The maximum absolute atomic E-state index is 12.7. The van der Waals surface area contributed by atoms with Gasteiger partial charge in [-0.25, -0.2) is 8.42 Å². The van der Waals surface area contributed by atoms with Crippen LogP contribution in [-0.2, 0) is 10.0 Å². The zero-order valence-corrected chi connectivity index (χ0v) is 12.0. The van der Waals surface area contributed by atoms with E-state index in [-0.39, 0.29) is 24.2 Å². The van der Waals surface area contributed by atoms with E-state index in [2.05, 4.69) is 10.2 Å². The predicted octanol–water partition coefficient (Wildman–Crippen LogP) is 1.93. The van der Waals surface area contributed by atoms with Crippen molar-refractivity contribution in [3.63, 3.8) is 0 Å². The number of piperidine rings is 1. The molecule has 3 fully saturated rings. The average Bonchev–Trinajstić information content (AvgIpc) is 2.97. The molecule has 0 radical (unpaired) electrons. The highest BCUT2D eigenvalue weighted by molar-refractivity contribution is 7.89. The van der Waals surface area contributed by atoms with Crippen molar-refractivity contribution in [2.45, 2.75) is 35.5 Å². The Morgan fingerprint density at radius 2 is 1.60 bits per heavy atom. The topological polar surface area (TPSA) is 61.9 Å². The summed E-state index contributed by atoms with van der Waals surface area (Å²) < 4.78 is 27.1. The minimum atomic E-state index is -3.40. The summed E-state index contributed by atoms with van der Waals surface area (Å²) in [6, 6.07) is 7.28. The number of nitrogens with zero attached hydrogens (tertiary/aromatic N) is 3. The Morgan fingerprint density at radius 1 is 1.05 bits per heavy atom. The molecule has 7 heteroatoms. The van der Waals surface area contributed by atoms with Crippen LogP contribution in [0.25, 0.3) is 0 Å².